The average Bonchev–Trinajstić information content (AvgIpc) is 3.68. The van der Waals surface area contributed by atoms with Crippen LogP contribution in [-0.4, -0.2) is 59.0 Å². The van der Waals surface area contributed by atoms with Gasteiger partial charge in [-0.2, -0.15) is 0 Å². The Kier molecular flexibility index (Phi) is 7.95. The number of thiocarbonyl (C=S) groups is 1. The van der Waals surface area contributed by atoms with Crippen molar-refractivity contribution in [3.8, 4) is 0 Å². The standard InChI is InChI=1S/C32H30N8S/c41-32(39-24-22-34-30(39)36-26-15-7-2-8-16-26)40(28-19-11-4-12-20-28)31(37-27-17-9-3-10-18-27)38-23-21-33-29(38)35-25-13-5-1-6-14-25/h1-20H,21-24H2,(H,33,35)(H,34,36). The van der Waals surface area contributed by atoms with Gasteiger partial charge >= 0.3 is 0 Å². The van der Waals surface area contributed by atoms with Gasteiger partial charge in [0.1, 0.15) is 0 Å². The van der Waals surface area contributed by atoms with Crippen molar-refractivity contribution in [2.45, 2.75) is 0 Å². The zero-order chi connectivity index (χ0) is 27.9. The molecule has 6 rings (SSSR count). The van der Waals surface area contributed by atoms with Crippen molar-refractivity contribution in [1.82, 2.24) is 20.4 Å². The van der Waals surface area contributed by atoms with E-state index >= 15 is 0 Å². The van der Waals surface area contributed by atoms with Gasteiger partial charge in [-0.25, -0.2) is 15.0 Å². The van der Waals surface area contributed by atoms with E-state index in [1.165, 1.54) is 0 Å². The highest BCUT2D eigenvalue weighted by molar-refractivity contribution is 7.80. The molecule has 204 valence electrons. The lowest BCUT2D eigenvalue weighted by molar-refractivity contribution is 0.647. The first-order chi connectivity index (χ1) is 20.3. The van der Waals surface area contributed by atoms with Crippen molar-refractivity contribution >= 4 is 58.0 Å². The Labute approximate surface area is 245 Å². The average molecular weight is 559 g/mol. The number of hydrogen-bond donors (Lipinski definition) is 2. The molecule has 9 heteroatoms. The van der Waals surface area contributed by atoms with Gasteiger partial charge < -0.3 is 10.6 Å². The quantitative estimate of drug-likeness (QED) is 0.192. The predicted molar refractivity (Wildman–Crippen MR) is 172 cm³/mol. The molecule has 8 nitrogen and oxygen atoms in total. The summed E-state index contributed by atoms with van der Waals surface area (Å²) < 4.78 is 0. The number of anilines is 1. The molecule has 0 amide bonds. The number of aliphatic imine (C=N–C) groups is 3. The third-order valence-electron chi connectivity index (χ3n) is 6.59. The van der Waals surface area contributed by atoms with Gasteiger partial charge in [-0.1, -0.05) is 72.8 Å². The highest BCUT2D eigenvalue weighted by atomic mass is 32.1. The van der Waals surface area contributed by atoms with E-state index < -0.39 is 0 Å². The molecule has 41 heavy (non-hydrogen) atoms. The third kappa shape index (κ3) is 6.10. The van der Waals surface area contributed by atoms with Crippen LogP contribution in [0.3, 0.4) is 0 Å². The number of para-hydroxylation sites is 4. The number of nitrogens with zero attached hydrogens (tertiary/aromatic N) is 6. The van der Waals surface area contributed by atoms with Crippen LogP contribution < -0.4 is 15.5 Å². The van der Waals surface area contributed by atoms with Gasteiger partial charge in [-0.15, -0.1) is 0 Å². The minimum atomic E-state index is 0.566. The molecule has 0 bridgehead atoms. The predicted octanol–water partition coefficient (Wildman–Crippen LogP) is 5.65. The highest BCUT2D eigenvalue weighted by Gasteiger charge is 2.34. The Morgan fingerprint density at radius 2 is 1.02 bits per heavy atom. The normalized spacial score (nSPS) is 17.0. The van der Waals surface area contributed by atoms with Gasteiger partial charge in [0.15, 0.2) is 5.11 Å². The maximum Gasteiger partial charge on any atom is 0.219 e. The molecule has 0 atom stereocenters. The number of guanidine groups is 3. The summed E-state index contributed by atoms with van der Waals surface area (Å²) in [5.41, 5.74) is 3.42. The first kappa shape index (κ1) is 26.2. The molecule has 4 aromatic carbocycles. The Morgan fingerprint density at radius 3 is 1.56 bits per heavy atom. The van der Waals surface area contributed by atoms with Crippen LogP contribution >= 0.6 is 12.2 Å². The summed E-state index contributed by atoms with van der Waals surface area (Å²) >= 11 is 6.27. The van der Waals surface area contributed by atoms with Crippen LogP contribution in [0.4, 0.5) is 22.7 Å². The van der Waals surface area contributed by atoms with E-state index in [4.69, 9.17) is 27.2 Å². The third-order valence-corrected chi connectivity index (χ3v) is 7.00. The van der Waals surface area contributed by atoms with Crippen LogP contribution in [0.1, 0.15) is 0 Å². The van der Waals surface area contributed by atoms with E-state index in [1.54, 1.807) is 0 Å². The Balaban J connectivity index is 1.46. The second-order valence-corrected chi connectivity index (χ2v) is 9.76. The molecule has 2 aliphatic rings. The smallest absolute Gasteiger partial charge is 0.219 e. The SMILES string of the molecule is S=C(N1CCNC1=Nc1ccccc1)N(C(=Nc1ccccc1)N1CCNC1=Nc1ccccc1)c1ccccc1. The van der Waals surface area contributed by atoms with Gasteiger partial charge in [-0.3, -0.25) is 14.7 Å². The summed E-state index contributed by atoms with van der Waals surface area (Å²) in [4.78, 5) is 21.1. The van der Waals surface area contributed by atoms with Crippen molar-refractivity contribution in [2.75, 3.05) is 31.1 Å². The maximum atomic E-state index is 6.27. The van der Waals surface area contributed by atoms with Crippen molar-refractivity contribution in [3.05, 3.63) is 121 Å². The van der Waals surface area contributed by atoms with Crippen molar-refractivity contribution < 1.29 is 0 Å². The van der Waals surface area contributed by atoms with Crippen LogP contribution in [0.2, 0.25) is 0 Å². The van der Waals surface area contributed by atoms with Gasteiger partial charge in [0, 0.05) is 26.2 Å². The topological polar surface area (TPSA) is 70.9 Å². The van der Waals surface area contributed by atoms with E-state index in [1.807, 2.05) is 131 Å². The molecule has 0 aromatic heterocycles. The number of nitrogens with one attached hydrogen (secondary N) is 2. The molecule has 2 aliphatic heterocycles. The molecule has 2 saturated heterocycles. The van der Waals surface area contributed by atoms with Gasteiger partial charge in [-0.05, 0) is 60.7 Å². The molecule has 0 unspecified atom stereocenters. The van der Waals surface area contributed by atoms with E-state index in [9.17, 15) is 0 Å². The Morgan fingerprint density at radius 1 is 0.585 bits per heavy atom. The fourth-order valence-corrected chi connectivity index (χ4v) is 5.02. The van der Waals surface area contributed by atoms with E-state index in [0.717, 1.165) is 35.8 Å². The molecule has 0 spiro atoms. The maximum absolute atomic E-state index is 6.27. The molecule has 0 aliphatic carbocycles. The molecule has 0 saturated carbocycles. The van der Waals surface area contributed by atoms with Crippen molar-refractivity contribution in [3.63, 3.8) is 0 Å². The van der Waals surface area contributed by atoms with Crippen LogP contribution in [0.15, 0.2) is 136 Å². The summed E-state index contributed by atoms with van der Waals surface area (Å²) in [6.07, 6.45) is 0. The molecular formula is C32H30N8S. The van der Waals surface area contributed by atoms with Gasteiger partial charge in [0.2, 0.25) is 17.9 Å². The summed E-state index contributed by atoms with van der Waals surface area (Å²) in [6.45, 7) is 2.80. The minimum Gasteiger partial charge on any atom is -0.354 e. The second kappa shape index (κ2) is 12.4. The first-order valence-electron chi connectivity index (χ1n) is 13.6. The lowest BCUT2D eigenvalue weighted by atomic mass is 10.3. The summed E-state index contributed by atoms with van der Waals surface area (Å²) in [7, 11) is 0. The van der Waals surface area contributed by atoms with Crippen LogP contribution in [-0.2, 0) is 0 Å². The van der Waals surface area contributed by atoms with Gasteiger partial charge in [0.25, 0.3) is 0 Å². The summed E-state index contributed by atoms with van der Waals surface area (Å²) in [5, 5.41) is 7.43. The lowest BCUT2D eigenvalue weighted by Crippen LogP contribution is -2.54. The molecule has 4 aromatic rings. The van der Waals surface area contributed by atoms with Crippen molar-refractivity contribution in [1.29, 1.82) is 0 Å². The molecule has 2 N–H and O–H groups in total. The summed E-state index contributed by atoms with van der Waals surface area (Å²) in [5.74, 6) is 2.07. The van der Waals surface area contributed by atoms with Gasteiger partial charge in [0.05, 0.1) is 22.7 Å². The van der Waals surface area contributed by atoms with E-state index in [0.29, 0.717) is 36.1 Å². The molecule has 2 fully saturated rings. The molecular weight excluding hydrogens is 528 g/mol. The fraction of sp³-hybridized carbons (Fsp3) is 0.125. The van der Waals surface area contributed by atoms with Crippen LogP contribution in [0, 0.1) is 0 Å². The number of benzene rings is 4. The van der Waals surface area contributed by atoms with E-state index in [-0.39, 0.29) is 0 Å². The summed E-state index contributed by atoms with van der Waals surface area (Å²) in [6, 6.07) is 39.9. The number of hydrogen-bond acceptors (Lipinski definition) is 4. The lowest BCUT2D eigenvalue weighted by Gasteiger charge is -2.34. The second-order valence-electron chi connectivity index (χ2n) is 9.40. The van der Waals surface area contributed by atoms with E-state index in [2.05, 4.69) is 15.5 Å². The van der Waals surface area contributed by atoms with Crippen LogP contribution in [0.25, 0.3) is 0 Å². The molecule has 0 radical (unpaired) electrons. The molecule has 2 heterocycles. The zero-order valence-electron chi connectivity index (χ0n) is 22.5. The highest BCUT2D eigenvalue weighted by Crippen LogP contribution is 2.24. The largest absolute Gasteiger partial charge is 0.354 e. The fourth-order valence-electron chi connectivity index (χ4n) is 4.65. The minimum absolute atomic E-state index is 0.566. The number of rotatable bonds is 4. The Hall–Kier alpha value is -5.02. The zero-order valence-corrected chi connectivity index (χ0v) is 23.3. The van der Waals surface area contributed by atoms with Crippen LogP contribution in [0.5, 0.6) is 0 Å². The van der Waals surface area contributed by atoms with Crippen molar-refractivity contribution in [2.24, 2.45) is 15.0 Å². The monoisotopic (exact) mass is 558 g/mol. The first-order valence-corrected chi connectivity index (χ1v) is 14.0. The Bertz CT molecular complexity index is 1560.